The van der Waals surface area contributed by atoms with Gasteiger partial charge in [0.1, 0.15) is 0 Å². The van der Waals surface area contributed by atoms with Crippen molar-refractivity contribution >= 4 is 11.6 Å². The van der Waals surface area contributed by atoms with E-state index in [2.05, 4.69) is 0 Å². The first-order valence-corrected chi connectivity index (χ1v) is 5.83. The molecule has 1 aromatic carbocycles. The lowest BCUT2D eigenvalue weighted by Crippen LogP contribution is -2.32. The number of rotatable bonds is 3. The van der Waals surface area contributed by atoms with Gasteiger partial charge in [-0.1, -0.05) is 23.7 Å². The molecule has 1 aromatic heterocycles. The summed E-state index contributed by atoms with van der Waals surface area (Å²) in [5.41, 5.74) is -1.22. The van der Waals surface area contributed by atoms with Crippen LogP contribution in [0.15, 0.2) is 33.9 Å². The van der Waals surface area contributed by atoms with Crippen LogP contribution in [0.4, 0.5) is 4.39 Å². The molecule has 5 nitrogen and oxygen atoms in total. The molecular formula is C12H10ClFN2O3. The Labute approximate surface area is 111 Å². The number of nitrogens with zero attached hydrogens (tertiary/aromatic N) is 1. The zero-order valence-corrected chi connectivity index (χ0v) is 10.4. The Morgan fingerprint density at radius 1 is 1.26 bits per heavy atom. The van der Waals surface area contributed by atoms with Gasteiger partial charge in [-0.25, -0.2) is 4.79 Å². The highest BCUT2D eigenvalue weighted by atomic mass is 35.5. The van der Waals surface area contributed by atoms with Gasteiger partial charge in [0.05, 0.1) is 0 Å². The normalized spacial score (nSPS) is 10.6. The Hall–Kier alpha value is -2.08. The van der Waals surface area contributed by atoms with Gasteiger partial charge in [0.25, 0.3) is 5.56 Å². The maximum Gasteiger partial charge on any atom is 0.331 e. The molecule has 0 atom stereocenters. The summed E-state index contributed by atoms with van der Waals surface area (Å²) in [4.78, 5) is 24.1. The van der Waals surface area contributed by atoms with E-state index < -0.39 is 22.9 Å². The fourth-order valence-electron chi connectivity index (χ4n) is 1.64. The fraction of sp³-hybridized carbons (Fsp3) is 0.167. The van der Waals surface area contributed by atoms with Crippen LogP contribution < -0.4 is 11.2 Å². The number of aromatic amines is 1. The van der Waals surface area contributed by atoms with Crippen LogP contribution in [-0.4, -0.2) is 14.7 Å². The lowest BCUT2D eigenvalue weighted by molar-refractivity contribution is 0.360. The molecule has 0 unspecified atom stereocenters. The summed E-state index contributed by atoms with van der Waals surface area (Å²) in [6.07, 6.45) is 0.385. The molecular weight excluding hydrogens is 275 g/mol. The summed E-state index contributed by atoms with van der Waals surface area (Å²) in [6, 6.07) is 6.89. The number of nitrogens with one attached hydrogen (secondary N) is 1. The fourth-order valence-corrected chi connectivity index (χ4v) is 1.76. The van der Waals surface area contributed by atoms with Crippen molar-refractivity contribution in [1.82, 2.24) is 9.55 Å². The molecule has 0 amide bonds. The van der Waals surface area contributed by atoms with E-state index in [9.17, 15) is 19.1 Å². The van der Waals surface area contributed by atoms with Crippen molar-refractivity contribution < 1.29 is 9.50 Å². The Morgan fingerprint density at radius 2 is 1.89 bits per heavy atom. The molecule has 2 rings (SSSR count). The van der Waals surface area contributed by atoms with Crippen LogP contribution in [0, 0.1) is 5.82 Å². The highest BCUT2D eigenvalue weighted by Crippen LogP contribution is 2.12. The quantitative estimate of drug-likeness (QED) is 0.891. The first-order chi connectivity index (χ1) is 8.99. The Morgan fingerprint density at radius 3 is 2.53 bits per heavy atom. The molecule has 1 heterocycles. The van der Waals surface area contributed by atoms with Gasteiger partial charge in [0, 0.05) is 11.6 Å². The Bertz CT molecular complexity index is 706. The van der Waals surface area contributed by atoms with E-state index in [4.69, 9.17) is 11.6 Å². The van der Waals surface area contributed by atoms with Gasteiger partial charge in [-0.15, -0.1) is 0 Å². The molecule has 2 aromatic rings. The summed E-state index contributed by atoms with van der Waals surface area (Å²) in [7, 11) is 0. The summed E-state index contributed by atoms with van der Waals surface area (Å²) in [5.74, 6) is -2.32. The molecule has 0 spiro atoms. The van der Waals surface area contributed by atoms with Crippen molar-refractivity contribution in [2.75, 3.05) is 0 Å². The molecule has 7 heteroatoms. The zero-order chi connectivity index (χ0) is 14.0. The molecule has 0 saturated heterocycles. The first kappa shape index (κ1) is 13.4. The van der Waals surface area contributed by atoms with Gasteiger partial charge < -0.3 is 5.11 Å². The van der Waals surface area contributed by atoms with E-state index in [0.29, 0.717) is 11.4 Å². The van der Waals surface area contributed by atoms with Crippen molar-refractivity contribution in [1.29, 1.82) is 0 Å². The largest absolute Gasteiger partial charge is 0.492 e. The van der Waals surface area contributed by atoms with Gasteiger partial charge >= 0.3 is 5.69 Å². The van der Waals surface area contributed by atoms with E-state index in [1.165, 1.54) is 0 Å². The average molecular weight is 285 g/mol. The monoisotopic (exact) mass is 284 g/mol. The van der Waals surface area contributed by atoms with Crippen molar-refractivity contribution in [2.24, 2.45) is 0 Å². The summed E-state index contributed by atoms with van der Waals surface area (Å²) in [6.45, 7) is 0.0417. The predicted octanol–water partition coefficient (Wildman–Crippen LogP) is 1.28. The van der Waals surface area contributed by atoms with E-state index in [-0.39, 0.29) is 6.54 Å². The van der Waals surface area contributed by atoms with E-state index in [1.54, 1.807) is 29.2 Å². The number of benzene rings is 1. The number of aryl methyl sites for hydroxylation is 1. The molecule has 0 aliphatic heterocycles. The lowest BCUT2D eigenvalue weighted by Gasteiger charge is -2.08. The average Bonchev–Trinajstić information content (AvgIpc) is 2.38. The molecule has 100 valence electrons. The van der Waals surface area contributed by atoms with Gasteiger partial charge in [-0.3, -0.25) is 14.3 Å². The third kappa shape index (κ3) is 2.85. The number of aromatic hydroxyl groups is 1. The second-order valence-electron chi connectivity index (χ2n) is 3.92. The van der Waals surface area contributed by atoms with E-state index in [0.717, 1.165) is 10.1 Å². The van der Waals surface area contributed by atoms with Gasteiger partial charge in [-0.2, -0.15) is 4.39 Å². The highest BCUT2D eigenvalue weighted by molar-refractivity contribution is 6.30. The van der Waals surface area contributed by atoms with Crippen LogP contribution in [0.2, 0.25) is 5.02 Å². The zero-order valence-electron chi connectivity index (χ0n) is 9.69. The van der Waals surface area contributed by atoms with Crippen molar-refractivity contribution in [3.05, 3.63) is 61.5 Å². The van der Waals surface area contributed by atoms with Crippen molar-refractivity contribution in [3.8, 4) is 5.88 Å². The third-order valence-corrected chi connectivity index (χ3v) is 2.91. The lowest BCUT2D eigenvalue weighted by atomic mass is 10.1. The minimum Gasteiger partial charge on any atom is -0.492 e. The number of aromatic nitrogens is 2. The second kappa shape index (κ2) is 5.27. The molecule has 0 fully saturated rings. The van der Waals surface area contributed by atoms with Crippen LogP contribution in [-0.2, 0) is 13.0 Å². The van der Waals surface area contributed by atoms with Crippen LogP contribution in [0.5, 0.6) is 5.88 Å². The van der Waals surface area contributed by atoms with Gasteiger partial charge in [0.15, 0.2) is 0 Å². The summed E-state index contributed by atoms with van der Waals surface area (Å²) < 4.78 is 13.9. The first-order valence-electron chi connectivity index (χ1n) is 5.45. The van der Waals surface area contributed by atoms with E-state index >= 15 is 0 Å². The smallest absolute Gasteiger partial charge is 0.331 e. The van der Waals surface area contributed by atoms with Crippen LogP contribution in [0.1, 0.15) is 5.56 Å². The standard InChI is InChI=1S/C12H10ClFN2O3/c13-8-3-1-7(2-4-8)5-6-16-11(18)9(14)10(17)15-12(16)19/h1-4,18H,5-6H2,(H,15,17,19). The van der Waals surface area contributed by atoms with E-state index in [1.807, 2.05) is 0 Å². The highest BCUT2D eigenvalue weighted by Gasteiger charge is 2.13. The number of halogens is 2. The molecule has 0 aliphatic carbocycles. The maximum atomic E-state index is 13.2. The molecule has 2 N–H and O–H groups in total. The molecule has 0 radical (unpaired) electrons. The van der Waals surface area contributed by atoms with Crippen LogP contribution >= 0.6 is 11.6 Å². The number of hydrogen-bond donors (Lipinski definition) is 2. The summed E-state index contributed by atoms with van der Waals surface area (Å²) >= 11 is 5.73. The second-order valence-corrected chi connectivity index (χ2v) is 4.36. The predicted molar refractivity (Wildman–Crippen MR) is 68.1 cm³/mol. The molecule has 0 saturated carbocycles. The molecule has 19 heavy (non-hydrogen) atoms. The van der Waals surface area contributed by atoms with Crippen molar-refractivity contribution in [2.45, 2.75) is 13.0 Å². The summed E-state index contributed by atoms with van der Waals surface area (Å²) in [5, 5.41) is 10.0. The minimum absolute atomic E-state index is 0.0417. The topological polar surface area (TPSA) is 75.1 Å². The molecule has 0 bridgehead atoms. The SMILES string of the molecule is O=c1[nH]c(=O)n(CCc2ccc(Cl)cc2)c(O)c1F. The van der Waals surface area contributed by atoms with Crippen LogP contribution in [0.3, 0.4) is 0 Å². The third-order valence-electron chi connectivity index (χ3n) is 2.65. The van der Waals surface area contributed by atoms with Crippen LogP contribution in [0.25, 0.3) is 0 Å². The molecule has 0 aliphatic rings. The maximum absolute atomic E-state index is 13.2. The minimum atomic E-state index is -1.37. The Balaban J connectivity index is 2.25. The Kier molecular flexibility index (Phi) is 3.71. The number of hydrogen-bond acceptors (Lipinski definition) is 3. The number of H-pyrrole nitrogens is 1. The van der Waals surface area contributed by atoms with Gasteiger partial charge in [0.2, 0.25) is 11.7 Å². The van der Waals surface area contributed by atoms with Crippen molar-refractivity contribution in [3.63, 3.8) is 0 Å². The van der Waals surface area contributed by atoms with Gasteiger partial charge in [-0.05, 0) is 24.1 Å².